The van der Waals surface area contributed by atoms with E-state index in [1.54, 1.807) is 0 Å². The van der Waals surface area contributed by atoms with Crippen LogP contribution in [0.3, 0.4) is 0 Å². The Morgan fingerprint density at radius 3 is 0.160 bits per heavy atom. The molecule has 0 N–H and O–H groups in total. The zero-order valence-electron chi connectivity index (χ0n) is 11.3. The summed E-state index contributed by atoms with van der Waals surface area (Å²) in [5.74, 6) is 0. The van der Waals surface area contributed by atoms with Crippen LogP contribution in [0.25, 0.3) is 0 Å². The Balaban J connectivity index is -0.00000000569. The molecule has 25 heavy (non-hydrogen) atoms. The second-order valence-electron chi connectivity index (χ2n) is 0. The summed E-state index contributed by atoms with van der Waals surface area (Å²) in [5.41, 5.74) is 0. The molecular weight excluding hydrogens is 437 g/mol. The Kier molecular flexibility index (Phi) is 6680. The molecule has 0 bridgehead atoms. The first-order valence-corrected chi connectivity index (χ1v) is 2.45. The molecule has 0 heterocycles. The van der Waals surface area contributed by atoms with Gasteiger partial charge in [0.15, 0.2) is 0 Å². The van der Waals surface area contributed by atoms with Gasteiger partial charge < -0.3 is 0 Å². The van der Waals surface area contributed by atoms with Gasteiger partial charge in [0.25, 0.3) is 0 Å². The molecule has 0 aliphatic rings. The van der Waals surface area contributed by atoms with Gasteiger partial charge in [-0.15, -0.1) is 0 Å². The van der Waals surface area contributed by atoms with Crippen LogP contribution in [0.15, 0.2) is 0 Å². The van der Waals surface area contributed by atoms with Crippen LogP contribution in [-0.4, -0.2) is 0 Å². The molecule has 128 valence electrons. The molecule has 0 atom stereocenters. The van der Waals surface area contributed by atoms with Crippen molar-refractivity contribution in [2.24, 2.45) is 0 Å². The van der Waals surface area contributed by atoms with E-state index in [0.29, 0.717) is 0 Å². The van der Waals surface area contributed by atoms with Crippen LogP contribution >= 0.6 is 0 Å². The molecular formula is C12O12Ru. The molecule has 0 spiro atoms. The summed E-state index contributed by atoms with van der Waals surface area (Å²) in [6.07, 6.45) is 0. The van der Waals surface area contributed by atoms with E-state index in [-0.39, 0.29) is 19.5 Å². The molecule has 0 radical (unpaired) electrons. The van der Waals surface area contributed by atoms with E-state index in [9.17, 15) is 0 Å². The van der Waals surface area contributed by atoms with Crippen LogP contribution < -0.4 is 0 Å². The zero-order valence-corrected chi connectivity index (χ0v) is 13.0. The summed E-state index contributed by atoms with van der Waals surface area (Å²) in [7, 11) is 0. The first-order valence-electron chi connectivity index (χ1n) is 2.45. The minimum absolute atomic E-state index is 0. The van der Waals surface area contributed by atoms with Gasteiger partial charge in [-0.05, 0) is 0 Å². The third-order valence-electron chi connectivity index (χ3n) is 0. The summed E-state index contributed by atoms with van der Waals surface area (Å²) < 4.78 is 90.0. The molecule has 0 unspecified atom stereocenters. The molecule has 0 rings (SSSR count). The van der Waals surface area contributed by atoms with E-state index in [1.165, 1.54) is 0 Å². The largest absolute Gasteiger partial charge is 0 e. The minimum Gasteiger partial charge on any atom is 0 e. The van der Waals surface area contributed by atoms with Crippen LogP contribution in [0.1, 0.15) is 0 Å². The summed E-state index contributed by atoms with van der Waals surface area (Å²) in [6.45, 7) is 54.0. The molecule has 12 nitrogen and oxygen atoms in total. The average Bonchev–Trinajstić information content (AvgIpc) is 2.84. The van der Waals surface area contributed by atoms with Gasteiger partial charge in [-0.1, -0.05) is 0 Å². The summed E-state index contributed by atoms with van der Waals surface area (Å²) in [5, 5.41) is 0. The quantitative estimate of drug-likeness (QED) is 0.266. The van der Waals surface area contributed by atoms with Crippen LogP contribution in [0.2, 0.25) is 0 Å². The van der Waals surface area contributed by atoms with E-state index >= 15 is 0 Å². The molecule has 0 aromatic heterocycles. The van der Waals surface area contributed by atoms with Crippen LogP contribution in [0, 0.1) is 79.8 Å². The summed E-state index contributed by atoms with van der Waals surface area (Å²) >= 11 is 0. The topological polar surface area (TPSA) is 239 Å². The molecule has 0 saturated heterocycles. The molecule has 0 aliphatic carbocycles. The second kappa shape index (κ2) is 1450. The van der Waals surface area contributed by atoms with Crippen molar-refractivity contribution in [2.75, 3.05) is 0 Å². The average molecular weight is 437 g/mol. The van der Waals surface area contributed by atoms with E-state index in [0.717, 1.165) is 0 Å². The van der Waals surface area contributed by atoms with Crippen LogP contribution in [0.4, 0.5) is 0 Å². The standard InChI is InChI=1S/12CO.Ru/c12*1-2;. The Morgan fingerprint density at radius 1 is 0.160 bits per heavy atom. The molecule has 13 heteroatoms. The van der Waals surface area contributed by atoms with Crippen molar-refractivity contribution in [3.63, 3.8) is 0 Å². The first-order chi connectivity index (χ1) is 12.0. The minimum atomic E-state index is 0. The number of rotatable bonds is 0. The Morgan fingerprint density at radius 2 is 0.160 bits per heavy atom. The summed E-state index contributed by atoms with van der Waals surface area (Å²) in [6, 6.07) is 0. The number of hydrogen-bond acceptors (Lipinski definition) is 0. The maximum Gasteiger partial charge on any atom is 0 e. The fraction of sp³-hybridized carbons (Fsp3) is 0. The Bertz CT molecular complexity index is 216. The van der Waals surface area contributed by atoms with Crippen molar-refractivity contribution in [3.05, 3.63) is 79.8 Å². The van der Waals surface area contributed by atoms with Crippen molar-refractivity contribution in [2.45, 2.75) is 0 Å². The van der Waals surface area contributed by atoms with E-state index in [1.807, 2.05) is 0 Å². The van der Waals surface area contributed by atoms with Crippen molar-refractivity contribution in [1.29, 1.82) is 0 Å². The second-order valence-corrected chi connectivity index (χ2v) is 0. The monoisotopic (exact) mass is 438 g/mol. The van der Waals surface area contributed by atoms with Gasteiger partial charge in [-0.2, -0.15) is 0 Å². The smallest absolute Gasteiger partial charge is 0 e. The Hall–Kier alpha value is -2.50. The van der Waals surface area contributed by atoms with E-state index in [4.69, 9.17) is 55.8 Å². The zero-order chi connectivity index (χ0) is 24.0. The third-order valence-corrected chi connectivity index (χ3v) is 0. The van der Waals surface area contributed by atoms with Crippen molar-refractivity contribution in [1.82, 2.24) is 0 Å². The van der Waals surface area contributed by atoms with Crippen molar-refractivity contribution < 1.29 is 75.3 Å². The van der Waals surface area contributed by atoms with Gasteiger partial charge in [0.2, 0.25) is 0 Å². The third kappa shape index (κ3) is 1310. The van der Waals surface area contributed by atoms with Gasteiger partial charge in [0.05, 0.1) is 0 Å². The van der Waals surface area contributed by atoms with Gasteiger partial charge in [-0.25, -0.2) is 0 Å². The van der Waals surface area contributed by atoms with Crippen molar-refractivity contribution >= 4 is 0 Å². The van der Waals surface area contributed by atoms with Gasteiger partial charge >= 0.3 is 136 Å². The van der Waals surface area contributed by atoms with E-state index < -0.39 is 0 Å². The van der Waals surface area contributed by atoms with Crippen LogP contribution in [-0.2, 0) is 75.3 Å². The molecule has 0 fully saturated rings. The predicted molar refractivity (Wildman–Crippen MR) is 47.2 cm³/mol. The fourth-order valence-corrected chi connectivity index (χ4v) is 0. The van der Waals surface area contributed by atoms with Gasteiger partial charge in [0, 0.05) is 19.5 Å². The molecule has 0 aromatic carbocycles. The van der Waals surface area contributed by atoms with Gasteiger partial charge in [-0.3, -0.25) is 0 Å². The molecule has 0 amide bonds. The summed E-state index contributed by atoms with van der Waals surface area (Å²) in [4.78, 5) is 0. The Labute approximate surface area is 155 Å². The van der Waals surface area contributed by atoms with Gasteiger partial charge in [0.1, 0.15) is 0 Å². The first kappa shape index (κ1) is 115. The molecule has 0 aliphatic heterocycles. The fourth-order valence-electron chi connectivity index (χ4n) is 0. The molecule has 0 aromatic rings. The maximum atomic E-state index is 7.50. The van der Waals surface area contributed by atoms with Crippen LogP contribution in [0.5, 0.6) is 0 Å². The van der Waals surface area contributed by atoms with E-state index in [2.05, 4.69) is 79.8 Å². The maximum absolute atomic E-state index is 7.50. The SMILES string of the molecule is [C-]#[O+].[C-]#[O+].[C-]#[O+].[C-]#[O+].[C-]#[O+].[C-]#[O+].[C-]#[O+].[C-]#[O+].[C-]#[O+].[C-]#[O+].[C-]#[O+].[C-]#[O+].[Ru]. The number of hydrogen-bond donors (Lipinski definition) is 0. The normalized spacial score (nSPS) is 0.960. The molecule has 0 saturated carbocycles. The van der Waals surface area contributed by atoms with Crippen molar-refractivity contribution in [3.8, 4) is 0 Å². The predicted octanol–water partition coefficient (Wildman–Crippen LogP) is -0.453.